The second-order valence-electron chi connectivity index (χ2n) is 8.55. The minimum atomic E-state index is -0.905. The molecule has 6 nitrogen and oxygen atoms in total. The van der Waals surface area contributed by atoms with Crippen molar-refractivity contribution < 1.29 is 19.1 Å². The van der Waals surface area contributed by atoms with E-state index in [0.29, 0.717) is 12.1 Å². The predicted octanol–water partition coefficient (Wildman–Crippen LogP) is 4.42. The van der Waals surface area contributed by atoms with Crippen molar-refractivity contribution in [1.29, 1.82) is 0 Å². The standard InChI is InChI=1S/C26H28N2O4/c1-18-15-20(13-14-23(18)32-2)16-22-24(29)27(17-19-9-5-3-6-10-19)26(31)28(25(22)30)21-11-7-4-8-12-21/h3-14,18,20,22-23H,15-17H2,1-2H3. The average Bonchev–Trinajstić information content (AvgIpc) is 2.81. The number of rotatable bonds is 6. The Labute approximate surface area is 188 Å². The molecule has 6 heteroatoms. The Balaban J connectivity index is 1.64. The zero-order valence-corrected chi connectivity index (χ0v) is 18.4. The first kappa shape index (κ1) is 22.0. The van der Waals surface area contributed by atoms with Gasteiger partial charge in [-0.15, -0.1) is 0 Å². The van der Waals surface area contributed by atoms with Crippen molar-refractivity contribution in [1.82, 2.24) is 4.90 Å². The van der Waals surface area contributed by atoms with Gasteiger partial charge >= 0.3 is 6.03 Å². The summed E-state index contributed by atoms with van der Waals surface area (Å²) in [5.41, 5.74) is 1.31. The van der Waals surface area contributed by atoms with E-state index in [9.17, 15) is 14.4 Å². The Hall–Kier alpha value is -3.25. The van der Waals surface area contributed by atoms with Gasteiger partial charge in [-0.25, -0.2) is 9.69 Å². The van der Waals surface area contributed by atoms with E-state index in [1.807, 2.05) is 48.6 Å². The van der Waals surface area contributed by atoms with Gasteiger partial charge in [0.2, 0.25) is 11.8 Å². The lowest BCUT2D eigenvalue weighted by molar-refractivity contribution is -0.142. The number of hydrogen-bond donors (Lipinski definition) is 0. The molecule has 32 heavy (non-hydrogen) atoms. The van der Waals surface area contributed by atoms with Crippen molar-refractivity contribution >= 4 is 23.5 Å². The van der Waals surface area contributed by atoms with E-state index in [0.717, 1.165) is 16.9 Å². The number of amides is 4. The molecule has 0 radical (unpaired) electrons. The highest BCUT2D eigenvalue weighted by Gasteiger charge is 2.47. The summed E-state index contributed by atoms with van der Waals surface area (Å²) in [6.45, 7) is 2.24. The van der Waals surface area contributed by atoms with Crippen LogP contribution in [0.5, 0.6) is 0 Å². The van der Waals surface area contributed by atoms with Crippen LogP contribution in [0, 0.1) is 17.8 Å². The molecule has 1 heterocycles. The number of anilines is 1. The summed E-state index contributed by atoms with van der Waals surface area (Å²) in [5.74, 6) is -1.43. The monoisotopic (exact) mass is 432 g/mol. The third-order valence-corrected chi connectivity index (χ3v) is 6.32. The fourth-order valence-corrected chi connectivity index (χ4v) is 4.62. The van der Waals surface area contributed by atoms with Crippen LogP contribution in [-0.4, -0.2) is 36.0 Å². The minimum Gasteiger partial charge on any atom is -0.377 e. The molecule has 0 N–H and O–H groups in total. The minimum absolute atomic E-state index is 0.0426. The maximum Gasteiger partial charge on any atom is 0.338 e. The second-order valence-corrected chi connectivity index (χ2v) is 8.55. The molecule has 1 aliphatic heterocycles. The molecule has 0 bridgehead atoms. The summed E-state index contributed by atoms with van der Waals surface area (Å²) in [7, 11) is 1.69. The summed E-state index contributed by atoms with van der Waals surface area (Å²) in [6.07, 6.45) is 5.29. The third kappa shape index (κ3) is 4.36. The van der Waals surface area contributed by atoms with Crippen LogP contribution >= 0.6 is 0 Å². The first-order valence-corrected chi connectivity index (χ1v) is 11.0. The fraction of sp³-hybridized carbons (Fsp3) is 0.346. The van der Waals surface area contributed by atoms with Crippen LogP contribution in [0.1, 0.15) is 25.3 Å². The van der Waals surface area contributed by atoms with Gasteiger partial charge in [0.05, 0.1) is 18.3 Å². The quantitative estimate of drug-likeness (QED) is 0.501. The largest absolute Gasteiger partial charge is 0.377 e. The van der Waals surface area contributed by atoms with Gasteiger partial charge in [-0.1, -0.05) is 67.6 Å². The van der Waals surface area contributed by atoms with E-state index in [4.69, 9.17) is 4.74 Å². The van der Waals surface area contributed by atoms with Gasteiger partial charge in [0.1, 0.15) is 5.92 Å². The van der Waals surface area contributed by atoms with Crippen molar-refractivity contribution in [2.75, 3.05) is 12.0 Å². The van der Waals surface area contributed by atoms with Crippen molar-refractivity contribution in [3.8, 4) is 0 Å². The van der Waals surface area contributed by atoms with Crippen LogP contribution in [0.15, 0.2) is 72.8 Å². The number of nitrogens with zero attached hydrogens (tertiary/aromatic N) is 2. The molecule has 0 spiro atoms. The number of urea groups is 1. The van der Waals surface area contributed by atoms with Gasteiger partial charge in [0.15, 0.2) is 0 Å². The molecule has 0 aromatic heterocycles. The number of benzene rings is 2. The maximum atomic E-state index is 13.4. The van der Waals surface area contributed by atoms with Crippen LogP contribution in [-0.2, 0) is 20.9 Å². The normalized spacial score (nSPS) is 26.0. The zero-order chi connectivity index (χ0) is 22.7. The molecule has 2 aliphatic rings. The lowest BCUT2D eigenvalue weighted by Gasteiger charge is -2.38. The molecule has 1 aliphatic carbocycles. The number of hydrogen-bond acceptors (Lipinski definition) is 4. The van der Waals surface area contributed by atoms with E-state index in [2.05, 4.69) is 6.92 Å². The Morgan fingerprint density at radius 1 is 0.906 bits per heavy atom. The lowest BCUT2D eigenvalue weighted by atomic mass is 9.80. The first-order chi connectivity index (χ1) is 15.5. The summed E-state index contributed by atoms with van der Waals surface area (Å²) in [6, 6.07) is 17.6. The van der Waals surface area contributed by atoms with E-state index in [1.165, 1.54) is 4.90 Å². The van der Waals surface area contributed by atoms with Gasteiger partial charge in [-0.3, -0.25) is 14.5 Å². The highest BCUT2D eigenvalue weighted by atomic mass is 16.5. The summed E-state index contributed by atoms with van der Waals surface area (Å²) < 4.78 is 5.47. The Kier molecular flexibility index (Phi) is 6.51. The predicted molar refractivity (Wildman–Crippen MR) is 122 cm³/mol. The number of imide groups is 2. The molecular weight excluding hydrogens is 404 g/mol. The summed E-state index contributed by atoms with van der Waals surface area (Å²) in [4.78, 5) is 42.5. The highest BCUT2D eigenvalue weighted by molar-refractivity contribution is 6.27. The lowest BCUT2D eigenvalue weighted by Crippen LogP contribution is -2.60. The molecule has 1 saturated heterocycles. The SMILES string of the molecule is COC1C=CC(CC2C(=O)N(Cc3ccccc3)C(=O)N(c3ccccc3)C2=O)CC1C. The van der Waals surface area contributed by atoms with E-state index < -0.39 is 23.8 Å². The average molecular weight is 433 g/mol. The molecule has 4 unspecified atom stereocenters. The van der Waals surface area contributed by atoms with Crippen molar-refractivity contribution in [3.05, 3.63) is 78.4 Å². The van der Waals surface area contributed by atoms with Crippen LogP contribution in [0.3, 0.4) is 0 Å². The van der Waals surface area contributed by atoms with Crippen molar-refractivity contribution in [3.63, 3.8) is 0 Å². The maximum absolute atomic E-state index is 13.4. The van der Waals surface area contributed by atoms with Crippen LogP contribution in [0.4, 0.5) is 10.5 Å². The summed E-state index contributed by atoms with van der Waals surface area (Å²) in [5, 5.41) is 0. The number of carbonyl (C=O) groups is 3. The van der Waals surface area contributed by atoms with E-state index in [1.54, 1.807) is 31.4 Å². The van der Waals surface area contributed by atoms with Gasteiger partial charge in [-0.2, -0.15) is 0 Å². The molecule has 0 saturated carbocycles. The number of carbonyl (C=O) groups excluding carboxylic acids is 3. The number of methoxy groups -OCH3 is 1. The first-order valence-electron chi connectivity index (χ1n) is 11.0. The molecule has 2 aromatic carbocycles. The summed E-state index contributed by atoms with van der Waals surface area (Å²) >= 11 is 0. The van der Waals surface area contributed by atoms with Crippen molar-refractivity contribution in [2.45, 2.75) is 32.4 Å². The Morgan fingerprint density at radius 2 is 1.56 bits per heavy atom. The second kappa shape index (κ2) is 9.49. The number of barbiturate groups is 1. The number of allylic oxidation sites excluding steroid dienone is 1. The van der Waals surface area contributed by atoms with E-state index in [-0.39, 0.29) is 24.5 Å². The Morgan fingerprint density at radius 3 is 2.19 bits per heavy atom. The molecule has 4 atom stereocenters. The van der Waals surface area contributed by atoms with E-state index >= 15 is 0 Å². The van der Waals surface area contributed by atoms with Gasteiger partial charge in [0, 0.05) is 7.11 Å². The molecule has 2 aromatic rings. The molecule has 1 fully saturated rings. The van der Waals surface area contributed by atoms with Crippen LogP contribution in [0.25, 0.3) is 0 Å². The number of ether oxygens (including phenoxy) is 1. The number of para-hydroxylation sites is 1. The molecule has 4 amide bonds. The van der Waals surface area contributed by atoms with Crippen LogP contribution < -0.4 is 4.90 Å². The third-order valence-electron chi connectivity index (χ3n) is 6.32. The fourth-order valence-electron chi connectivity index (χ4n) is 4.62. The van der Waals surface area contributed by atoms with Gasteiger partial charge in [0.25, 0.3) is 0 Å². The van der Waals surface area contributed by atoms with Crippen LogP contribution in [0.2, 0.25) is 0 Å². The van der Waals surface area contributed by atoms with Crippen molar-refractivity contribution in [2.24, 2.45) is 17.8 Å². The smallest absolute Gasteiger partial charge is 0.338 e. The molecular formula is C26H28N2O4. The van der Waals surface area contributed by atoms with Gasteiger partial charge in [-0.05, 0) is 42.4 Å². The molecule has 166 valence electrons. The zero-order valence-electron chi connectivity index (χ0n) is 18.4. The molecule has 4 rings (SSSR count). The highest BCUT2D eigenvalue weighted by Crippen LogP contribution is 2.34. The Bertz CT molecular complexity index is 1010. The van der Waals surface area contributed by atoms with Gasteiger partial charge < -0.3 is 4.74 Å². The topological polar surface area (TPSA) is 66.9 Å².